The fourth-order valence-corrected chi connectivity index (χ4v) is 3.05. The third kappa shape index (κ3) is 7.48. The molecular formula is C19H32FIN4. The molecule has 0 saturated heterocycles. The predicted octanol–water partition coefficient (Wildman–Crippen LogP) is 3.33. The number of aryl methyl sites for hydroxylation is 1. The number of rotatable bonds is 8. The molecule has 0 spiro atoms. The summed E-state index contributed by atoms with van der Waals surface area (Å²) in [6.07, 6.45) is 3.53. The summed E-state index contributed by atoms with van der Waals surface area (Å²) in [4.78, 5) is 6.83. The molecule has 2 rings (SSSR count). The third-order valence-electron chi connectivity index (χ3n) is 4.56. The van der Waals surface area contributed by atoms with E-state index in [0.29, 0.717) is 6.04 Å². The Kier molecular flexibility index (Phi) is 9.71. The van der Waals surface area contributed by atoms with Crippen LogP contribution in [0.15, 0.2) is 23.2 Å². The van der Waals surface area contributed by atoms with Crippen LogP contribution in [0.3, 0.4) is 0 Å². The first-order valence-electron chi connectivity index (χ1n) is 8.96. The Bertz CT molecular complexity index is 556. The summed E-state index contributed by atoms with van der Waals surface area (Å²) in [7, 11) is 1.79. The monoisotopic (exact) mass is 462 g/mol. The zero-order valence-electron chi connectivity index (χ0n) is 15.8. The first-order chi connectivity index (χ1) is 11.5. The van der Waals surface area contributed by atoms with Gasteiger partial charge in [-0.15, -0.1) is 24.0 Å². The highest BCUT2D eigenvalue weighted by atomic mass is 127. The topological polar surface area (TPSA) is 39.7 Å². The Hall–Kier alpha value is -0.890. The first-order valence-corrected chi connectivity index (χ1v) is 8.96. The number of halogens is 2. The van der Waals surface area contributed by atoms with Gasteiger partial charge in [0.05, 0.1) is 0 Å². The van der Waals surface area contributed by atoms with Crippen molar-refractivity contribution in [2.75, 3.05) is 26.7 Å². The summed E-state index contributed by atoms with van der Waals surface area (Å²) in [6.45, 7) is 9.18. The Balaban J connectivity index is 0.00000312. The molecule has 1 aromatic rings. The third-order valence-corrected chi connectivity index (χ3v) is 4.56. The summed E-state index contributed by atoms with van der Waals surface area (Å²) < 4.78 is 13.1. The average molecular weight is 462 g/mol. The fourth-order valence-electron chi connectivity index (χ4n) is 3.05. The van der Waals surface area contributed by atoms with E-state index in [0.717, 1.165) is 43.6 Å². The number of guanidine groups is 1. The van der Waals surface area contributed by atoms with Gasteiger partial charge in [-0.3, -0.25) is 9.89 Å². The van der Waals surface area contributed by atoms with E-state index in [1.165, 1.54) is 24.5 Å². The molecule has 0 bridgehead atoms. The van der Waals surface area contributed by atoms with E-state index in [-0.39, 0.29) is 29.8 Å². The van der Waals surface area contributed by atoms with E-state index >= 15 is 0 Å². The van der Waals surface area contributed by atoms with Crippen molar-refractivity contribution in [1.29, 1.82) is 0 Å². The Labute approximate surface area is 168 Å². The van der Waals surface area contributed by atoms with Gasteiger partial charge in [0.2, 0.25) is 0 Å². The molecule has 142 valence electrons. The van der Waals surface area contributed by atoms with Gasteiger partial charge in [-0.05, 0) is 63.3 Å². The van der Waals surface area contributed by atoms with Crippen LogP contribution in [0.4, 0.5) is 4.39 Å². The zero-order valence-corrected chi connectivity index (χ0v) is 18.1. The minimum absolute atomic E-state index is 0. The van der Waals surface area contributed by atoms with Crippen LogP contribution in [0.25, 0.3) is 0 Å². The van der Waals surface area contributed by atoms with Crippen LogP contribution in [-0.2, 0) is 6.42 Å². The van der Waals surface area contributed by atoms with Crippen molar-refractivity contribution in [2.24, 2.45) is 4.99 Å². The molecule has 0 amide bonds. The molecule has 4 nitrogen and oxygen atoms in total. The van der Waals surface area contributed by atoms with Crippen LogP contribution < -0.4 is 10.6 Å². The van der Waals surface area contributed by atoms with E-state index in [4.69, 9.17) is 0 Å². The van der Waals surface area contributed by atoms with Gasteiger partial charge < -0.3 is 10.6 Å². The molecule has 2 N–H and O–H groups in total. The highest BCUT2D eigenvalue weighted by Crippen LogP contribution is 2.27. The van der Waals surface area contributed by atoms with Crippen LogP contribution in [0.5, 0.6) is 0 Å². The van der Waals surface area contributed by atoms with Crippen LogP contribution in [0.1, 0.15) is 37.8 Å². The SMILES string of the molecule is CN=C(NCCc1ccc(F)cc1C)NCCN(C(C)C)C1CC1.I. The van der Waals surface area contributed by atoms with Gasteiger partial charge in [-0.1, -0.05) is 6.07 Å². The number of hydrogen-bond donors (Lipinski definition) is 2. The van der Waals surface area contributed by atoms with Crippen LogP contribution in [0.2, 0.25) is 0 Å². The maximum Gasteiger partial charge on any atom is 0.191 e. The number of benzene rings is 1. The highest BCUT2D eigenvalue weighted by molar-refractivity contribution is 14.0. The average Bonchev–Trinajstić information content (AvgIpc) is 3.36. The van der Waals surface area contributed by atoms with Crippen LogP contribution >= 0.6 is 24.0 Å². The van der Waals surface area contributed by atoms with Crippen LogP contribution in [0, 0.1) is 12.7 Å². The Morgan fingerprint density at radius 3 is 2.52 bits per heavy atom. The quantitative estimate of drug-likeness (QED) is 0.354. The van der Waals surface area contributed by atoms with Crippen molar-refractivity contribution in [3.8, 4) is 0 Å². The summed E-state index contributed by atoms with van der Waals surface area (Å²) in [6, 6.07) is 6.34. The molecule has 1 aromatic carbocycles. The van der Waals surface area contributed by atoms with E-state index in [1.807, 2.05) is 13.0 Å². The van der Waals surface area contributed by atoms with Crippen molar-refractivity contribution in [3.63, 3.8) is 0 Å². The number of aliphatic imine (C=N–C) groups is 1. The van der Waals surface area contributed by atoms with Gasteiger partial charge in [0.25, 0.3) is 0 Å². The van der Waals surface area contributed by atoms with Crippen LogP contribution in [-0.4, -0.2) is 49.6 Å². The highest BCUT2D eigenvalue weighted by Gasteiger charge is 2.30. The molecule has 1 fully saturated rings. The van der Waals surface area contributed by atoms with Gasteiger partial charge in [0.15, 0.2) is 5.96 Å². The van der Waals surface area contributed by atoms with Gasteiger partial charge in [-0.25, -0.2) is 4.39 Å². The maximum absolute atomic E-state index is 13.1. The molecule has 25 heavy (non-hydrogen) atoms. The molecular weight excluding hydrogens is 430 g/mol. The fraction of sp³-hybridized carbons (Fsp3) is 0.632. The van der Waals surface area contributed by atoms with Gasteiger partial charge in [-0.2, -0.15) is 0 Å². The number of nitrogens with one attached hydrogen (secondary N) is 2. The molecule has 0 atom stereocenters. The molecule has 0 aliphatic heterocycles. The largest absolute Gasteiger partial charge is 0.356 e. The van der Waals surface area contributed by atoms with Crippen molar-refractivity contribution < 1.29 is 4.39 Å². The molecule has 1 aliphatic rings. The number of hydrogen-bond acceptors (Lipinski definition) is 2. The predicted molar refractivity (Wildman–Crippen MR) is 114 cm³/mol. The van der Waals surface area contributed by atoms with Crippen molar-refractivity contribution in [2.45, 2.75) is 52.1 Å². The minimum Gasteiger partial charge on any atom is -0.356 e. The van der Waals surface area contributed by atoms with Crippen molar-refractivity contribution in [3.05, 3.63) is 35.1 Å². The van der Waals surface area contributed by atoms with E-state index in [1.54, 1.807) is 13.1 Å². The molecule has 0 heterocycles. The summed E-state index contributed by atoms with van der Waals surface area (Å²) in [5, 5.41) is 6.72. The molecule has 6 heteroatoms. The normalized spacial score (nSPS) is 14.6. The molecule has 0 radical (unpaired) electrons. The van der Waals surface area contributed by atoms with E-state index in [9.17, 15) is 4.39 Å². The van der Waals surface area contributed by atoms with Gasteiger partial charge >= 0.3 is 0 Å². The second-order valence-corrected chi connectivity index (χ2v) is 6.81. The number of nitrogens with zero attached hydrogens (tertiary/aromatic N) is 2. The van der Waals surface area contributed by atoms with Crippen molar-refractivity contribution >= 4 is 29.9 Å². The molecule has 1 saturated carbocycles. The summed E-state index contributed by atoms with van der Waals surface area (Å²) >= 11 is 0. The lowest BCUT2D eigenvalue weighted by Gasteiger charge is -2.26. The molecule has 1 aliphatic carbocycles. The first kappa shape index (κ1) is 22.2. The zero-order chi connectivity index (χ0) is 17.5. The maximum atomic E-state index is 13.1. The van der Waals surface area contributed by atoms with Gasteiger partial charge in [0.1, 0.15) is 5.82 Å². The molecule has 0 unspecified atom stereocenters. The second kappa shape index (κ2) is 11.0. The van der Waals surface area contributed by atoms with E-state index < -0.39 is 0 Å². The van der Waals surface area contributed by atoms with Gasteiger partial charge in [0, 0.05) is 38.8 Å². The smallest absolute Gasteiger partial charge is 0.191 e. The molecule has 0 aromatic heterocycles. The summed E-state index contributed by atoms with van der Waals surface area (Å²) in [5.74, 6) is 0.654. The Morgan fingerprint density at radius 1 is 1.28 bits per heavy atom. The van der Waals surface area contributed by atoms with Crippen molar-refractivity contribution in [1.82, 2.24) is 15.5 Å². The second-order valence-electron chi connectivity index (χ2n) is 6.81. The lowest BCUT2D eigenvalue weighted by molar-refractivity contribution is 0.215. The lowest BCUT2D eigenvalue weighted by Crippen LogP contribution is -2.44. The van der Waals surface area contributed by atoms with E-state index in [2.05, 4.69) is 34.4 Å². The Morgan fingerprint density at radius 2 is 1.96 bits per heavy atom. The summed E-state index contributed by atoms with van der Waals surface area (Å²) in [5.41, 5.74) is 2.16. The minimum atomic E-state index is -0.174. The standard InChI is InChI=1S/C19H31FN4.HI/c1-14(2)24(18-7-8-18)12-11-23-19(21-4)22-10-9-16-5-6-17(20)13-15(16)3;/h5-6,13-14,18H,7-12H2,1-4H3,(H2,21,22,23);1H. The lowest BCUT2D eigenvalue weighted by atomic mass is 10.1.